The first-order chi connectivity index (χ1) is 7.15. The minimum Gasteiger partial charge on any atom is -0.355 e. The fourth-order valence-electron chi connectivity index (χ4n) is 1.81. The van der Waals surface area contributed by atoms with Crippen molar-refractivity contribution in [1.29, 1.82) is 0 Å². The van der Waals surface area contributed by atoms with E-state index in [4.69, 9.17) is 5.73 Å². The van der Waals surface area contributed by atoms with Crippen LogP contribution in [-0.2, 0) is 6.54 Å². The summed E-state index contributed by atoms with van der Waals surface area (Å²) in [5.74, 6) is 0.961. The first-order valence-electron chi connectivity index (χ1n) is 5.40. The van der Waals surface area contributed by atoms with Gasteiger partial charge in [0.25, 0.3) is 0 Å². The zero-order valence-electron chi connectivity index (χ0n) is 9.62. The molecule has 1 fully saturated rings. The standard InChI is InChI=1S/C11H18N4/c1-7-8(2)13-14-11(10(7)6-12)15(3)9-4-5-9/h9H,4-6,12H2,1-3H3. The average molecular weight is 206 g/mol. The highest BCUT2D eigenvalue weighted by molar-refractivity contribution is 5.51. The van der Waals surface area contributed by atoms with Gasteiger partial charge in [-0.05, 0) is 32.3 Å². The van der Waals surface area contributed by atoms with Gasteiger partial charge in [-0.1, -0.05) is 0 Å². The molecule has 0 aliphatic heterocycles. The van der Waals surface area contributed by atoms with Gasteiger partial charge in [0, 0.05) is 25.2 Å². The topological polar surface area (TPSA) is 55.0 Å². The number of nitrogens with two attached hydrogens (primary N) is 1. The van der Waals surface area contributed by atoms with Crippen LogP contribution in [0, 0.1) is 13.8 Å². The number of aromatic nitrogens is 2. The Balaban J connectivity index is 2.41. The third kappa shape index (κ3) is 1.81. The van der Waals surface area contributed by atoms with Crippen molar-refractivity contribution >= 4 is 5.82 Å². The zero-order chi connectivity index (χ0) is 11.0. The van der Waals surface area contributed by atoms with Gasteiger partial charge in [0.05, 0.1) is 5.69 Å². The van der Waals surface area contributed by atoms with Crippen LogP contribution < -0.4 is 10.6 Å². The molecule has 1 aliphatic rings. The smallest absolute Gasteiger partial charge is 0.156 e. The van der Waals surface area contributed by atoms with E-state index in [1.54, 1.807) is 0 Å². The second-order valence-electron chi connectivity index (χ2n) is 4.26. The molecule has 1 saturated carbocycles. The monoisotopic (exact) mass is 206 g/mol. The normalized spacial score (nSPS) is 15.5. The maximum absolute atomic E-state index is 5.78. The summed E-state index contributed by atoms with van der Waals surface area (Å²) in [4.78, 5) is 2.21. The Morgan fingerprint density at radius 1 is 1.33 bits per heavy atom. The van der Waals surface area contributed by atoms with Gasteiger partial charge >= 0.3 is 0 Å². The van der Waals surface area contributed by atoms with E-state index >= 15 is 0 Å². The van der Waals surface area contributed by atoms with E-state index in [9.17, 15) is 0 Å². The van der Waals surface area contributed by atoms with Crippen molar-refractivity contribution < 1.29 is 0 Å². The molecule has 0 radical (unpaired) electrons. The fourth-order valence-corrected chi connectivity index (χ4v) is 1.81. The quantitative estimate of drug-likeness (QED) is 0.806. The van der Waals surface area contributed by atoms with Crippen molar-refractivity contribution in [2.75, 3.05) is 11.9 Å². The summed E-state index contributed by atoms with van der Waals surface area (Å²) in [6.07, 6.45) is 2.52. The third-order valence-corrected chi connectivity index (χ3v) is 3.19. The van der Waals surface area contributed by atoms with E-state index in [-0.39, 0.29) is 0 Å². The molecular formula is C11H18N4. The molecule has 82 valence electrons. The second kappa shape index (κ2) is 3.77. The van der Waals surface area contributed by atoms with Crippen LogP contribution in [0.2, 0.25) is 0 Å². The first kappa shape index (κ1) is 10.4. The van der Waals surface area contributed by atoms with Crippen LogP contribution in [0.15, 0.2) is 0 Å². The van der Waals surface area contributed by atoms with Crippen molar-refractivity contribution in [3.8, 4) is 0 Å². The van der Waals surface area contributed by atoms with Crippen LogP contribution in [0.3, 0.4) is 0 Å². The summed E-state index contributed by atoms with van der Waals surface area (Å²) in [5.41, 5.74) is 9.07. The number of hydrogen-bond donors (Lipinski definition) is 1. The van der Waals surface area contributed by atoms with Crippen molar-refractivity contribution in [1.82, 2.24) is 10.2 Å². The minimum absolute atomic E-state index is 0.536. The lowest BCUT2D eigenvalue weighted by molar-refractivity contribution is 0.820. The van der Waals surface area contributed by atoms with E-state index in [1.807, 2.05) is 6.92 Å². The molecule has 4 heteroatoms. The van der Waals surface area contributed by atoms with Crippen LogP contribution in [0.4, 0.5) is 5.82 Å². The maximum atomic E-state index is 5.78. The van der Waals surface area contributed by atoms with E-state index in [1.165, 1.54) is 18.4 Å². The number of aryl methyl sites for hydroxylation is 1. The Morgan fingerprint density at radius 2 is 2.00 bits per heavy atom. The molecule has 0 atom stereocenters. The van der Waals surface area contributed by atoms with Gasteiger partial charge < -0.3 is 10.6 Å². The summed E-state index contributed by atoms with van der Waals surface area (Å²) in [6, 6.07) is 0.645. The molecule has 15 heavy (non-hydrogen) atoms. The number of rotatable bonds is 3. The van der Waals surface area contributed by atoms with Gasteiger partial charge in [-0.2, -0.15) is 5.10 Å². The molecule has 1 aromatic heterocycles. The van der Waals surface area contributed by atoms with Crippen LogP contribution in [0.25, 0.3) is 0 Å². The minimum atomic E-state index is 0.536. The molecule has 0 amide bonds. The fraction of sp³-hybridized carbons (Fsp3) is 0.636. The second-order valence-corrected chi connectivity index (χ2v) is 4.26. The first-order valence-corrected chi connectivity index (χ1v) is 5.40. The van der Waals surface area contributed by atoms with Gasteiger partial charge in [0.15, 0.2) is 5.82 Å². The number of anilines is 1. The molecule has 1 aliphatic carbocycles. The Kier molecular flexibility index (Phi) is 2.61. The molecule has 1 heterocycles. The summed E-state index contributed by atoms with van der Waals surface area (Å²) >= 11 is 0. The summed E-state index contributed by atoms with van der Waals surface area (Å²) in [5, 5.41) is 8.44. The lowest BCUT2D eigenvalue weighted by atomic mass is 10.1. The SMILES string of the molecule is Cc1nnc(N(C)C2CC2)c(CN)c1C. The molecule has 0 aromatic carbocycles. The summed E-state index contributed by atoms with van der Waals surface area (Å²) in [7, 11) is 2.08. The van der Waals surface area contributed by atoms with Crippen LogP contribution in [0.1, 0.15) is 29.7 Å². The summed E-state index contributed by atoms with van der Waals surface area (Å²) in [6.45, 7) is 4.58. The van der Waals surface area contributed by atoms with Crippen molar-refractivity contribution in [3.63, 3.8) is 0 Å². The highest BCUT2D eigenvalue weighted by Gasteiger charge is 2.29. The Morgan fingerprint density at radius 3 is 2.53 bits per heavy atom. The van der Waals surface area contributed by atoms with Gasteiger partial charge in [-0.15, -0.1) is 5.10 Å². The Hall–Kier alpha value is -1.16. The number of hydrogen-bond acceptors (Lipinski definition) is 4. The highest BCUT2D eigenvalue weighted by Crippen LogP contribution is 2.31. The predicted molar refractivity (Wildman–Crippen MR) is 60.8 cm³/mol. The molecular weight excluding hydrogens is 188 g/mol. The van der Waals surface area contributed by atoms with Crippen LogP contribution >= 0.6 is 0 Å². The lowest BCUT2D eigenvalue weighted by Crippen LogP contribution is -2.24. The molecule has 0 unspecified atom stereocenters. The van der Waals surface area contributed by atoms with Crippen LogP contribution in [0.5, 0.6) is 0 Å². The largest absolute Gasteiger partial charge is 0.355 e. The van der Waals surface area contributed by atoms with Crippen molar-refractivity contribution in [2.45, 2.75) is 39.3 Å². The molecule has 2 N–H and O–H groups in total. The van der Waals surface area contributed by atoms with E-state index in [0.29, 0.717) is 12.6 Å². The Bertz CT molecular complexity index is 371. The molecule has 0 spiro atoms. The molecule has 4 nitrogen and oxygen atoms in total. The van der Waals surface area contributed by atoms with Gasteiger partial charge in [-0.25, -0.2) is 0 Å². The van der Waals surface area contributed by atoms with Gasteiger partial charge in [0.2, 0.25) is 0 Å². The summed E-state index contributed by atoms with van der Waals surface area (Å²) < 4.78 is 0. The molecule has 0 bridgehead atoms. The van der Waals surface area contributed by atoms with E-state index in [2.05, 4.69) is 29.1 Å². The van der Waals surface area contributed by atoms with Gasteiger partial charge in [-0.3, -0.25) is 0 Å². The number of nitrogens with zero attached hydrogens (tertiary/aromatic N) is 3. The molecule has 2 rings (SSSR count). The highest BCUT2D eigenvalue weighted by atomic mass is 15.3. The van der Waals surface area contributed by atoms with Crippen molar-refractivity contribution in [2.24, 2.45) is 5.73 Å². The zero-order valence-corrected chi connectivity index (χ0v) is 9.62. The molecule has 0 saturated heterocycles. The van der Waals surface area contributed by atoms with E-state index < -0.39 is 0 Å². The van der Waals surface area contributed by atoms with Crippen LogP contribution in [-0.4, -0.2) is 23.3 Å². The lowest BCUT2D eigenvalue weighted by Gasteiger charge is -2.21. The van der Waals surface area contributed by atoms with E-state index in [0.717, 1.165) is 17.1 Å². The molecule has 1 aromatic rings. The predicted octanol–water partition coefficient (Wildman–Crippen LogP) is 1.15. The average Bonchev–Trinajstić information content (AvgIpc) is 3.04. The van der Waals surface area contributed by atoms with Crippen molar-refractivity contribution in [3.05, 3.63) is 16.8 Å². The maximum Gasteiger partial charge on any atom is 0.156 e. The Labute approximate surface area is 90.5 Å². The third-order valence-electron chi connectivity index (χ3n) is 3.19. The van der Waals surface area contributed by atoms with Gasteiger partial charge in [0.1, 0.15) is 0 Å².